The second kappa shape index (κ2) is 5.96. The molecule has 0 bridgehead atoms. The van der Waals surface area contributed by atoms with Crippen molar-refractivity contribution in [1.82, 2.24) is 19.7 Å². The normalized spacial score (nSPS) is 10.7. The zero-order valence-corrected chi connectivity index (χ0v) is 12.3. The Hall–Kier alpha value is -3.09. The van der Waals surface area contributed by atoms with Crippen molar-refractivity contribution in [3.05, 3.63) is 59.8 Å². The van der Waals surface area contributed by atoms with E-state index < -0.39 is 5.97 Å². The summed E-state index contributed by atoms with van der Waals surface area (Å²) in [7, 11) is 0. The number of nitrogens with zero attached hydrogens (tertiary/aromatic N) is 4. The number of hydrogen-bond donors (Lipinski definition) is 1. The first-order valence-electron chi connectivity index (χ1n) is 7.00. The van der Waals surface area contributed by atoms with Crippen LogP contribution in [0.15, 0.2) is 42.6 Å². The minimum absolute atomic E-state index is 0.0750. The van der Waals surface area contributed by atoms with Gasteiger partial charge in [0.25, 0.3) is 0 Å². The number of carboxylic acid groups (broad SMARTS) is 1. The van der Waals surface area contributed by atoms with Crippen molar-refractivity contribution < 1.29 is 14.3 Å². The molecule has 0 spiro atoms. The molecular formula is C16H13FN4O2. The van der Waals surface area contributed by atoms with Gasteiger partial charge in [0.2, 0.25) is 0 Å². The molecule has 0 aliphatic heterocycles. The van der Waals surface area contributed by atoms with Crippen LogP contribution in [-0.2, 0) is 6.42 Å². The number of halogens is 1. The standard InChI is InChI=1S/C16H13FN4O2/c1-2-12-9-14(21-7-6-13(20-21)16(22)23)19-15(18-12)10-4-3-5-11(17)8-10/h3-9H,2H2,1H3,(H,22,23). The molecule has 0 saturated carbocycles. The Balaban J connectivity index is 2.10. The Morgan fingerprint density at radius 1 is 1.26 bits per heavy atom. The van der Waals surface area contributed by atoms with Crippen LogP contribution in [0.4, 0.5) is 4.39 Å². The van der Waals surface area contributed by atoms with E-state index in [1.807, 2.05) is 6.92 Å². The molecule has 0 saturated heterocycles. The first-order valence-corrected chi connectivity index (χ1v) is 7.00. The van der Waals surface area contributed by atoms with Gasteiger partial charge in [-0.15, -0.1) is 0 Å². The molecule has 116 valence electrons. The smallest absolute Gasteiger partial charge is 0.356 e. The van der Waals surface area contributed by atoms with Crippen molar-refractivity contribution in [3.63, 3.8) is 0 Å². The highest BCUT2D eigenvalue weighted by Crippen LogP contribution is 2.19. The van der Waals surface area contributed by atoms with Crippen LogP contribution < -0.4 is 0 Å². The quantitative estimate of drug-likeness (QED) is 0.801. The minimum Gasteiger partial charge on any atom is -0.476 e. The molecule has 6 nitrogen and oxygen atoms in total. The minimum atomic E-state index is -1.11. The predicted molar refractivity (Wildman–Crippen MR) is 80.9 cm³/mol. The summed E-state index contributed by atoms with van der Waals surface area (Å²) < 4.78 is 14.8. The fraction of sp³-hybridized carbons (Fsp3) is 0.125. The van der Waals surface area contributed by atoms with E-state index in [4.69, 9.17) is 5.11 Å². The van der Waals surface area contributed by atoms with Crippen LogP contribution in [0, 0.1) is 5.82 Å². The summed E-state index contributed by atoms with van der Waals surface area (Å²) in [4.78, 5) is 19.7. The SMILES string of the molecule is CCc1cc(-n2ccc(C(=O)O)n2)nc(-c2cccc(F)c2)n1. The number of carboxylic acids is 1. The molecule has 0 fully saturated rings. The van der Waals surface area contributed by atoms with Gasteiger partial charge in [-0.25, -0.2) is 23.8 Å². The Morgan fingerprint density at radius 2 is 2.09 bits per heavy atom. The lowest BCUT2D eigenvalue weighted by molar-refractivity contribution is 0.0690. The van der Waals surface area contributed by atoms with Crippen molar-refractivity contribution in [2.45, 2.75) is 13.3 Å². The maximum Gasteiger partial charge on any atom is 0.356 e. The zero-order chi connectivity index (χ0) is 16.4. The number of hydrogen-bond acceptors (Lipinski definition) is 4. The van der Waals surface area contributed by atoms with Gasteiger partial charge in [0, 0.05) is 23.5 Å². The summed E-state index contributed by atoms with van der Waals surface area (Å²) in [5, 5.41) is 12.9. The third-order valence-electron chi connectivity index (χ3n) is 3.25. The highest BCUT2D eigenvalue weighted by molar-refractivity contribution is 5.85. The largest absolute Gasteiger partial charge is 0.476 e. The van der Waals surface area contributed by atoms with E-state index in [2.05, 4.69) is 15.1 Å². The molecule has 3 rings (SSSR count). The lowest BCUT2D eigenvalue weighted by atomic mass is 10.2. The van der Waals surface area contributed by atoms with Crippen LogP contribution in [0.25, 0.3) is 17.2 Å². The van der Waals surface area contributed by atoms with E-state index in [1.54, 1.807) is 18.2 Å². The fourth-order valence-electron chi connectivity index (χ4n) is 2.10. The summed E-state index contributed by atoms with van der Waals surface area (Å²) in [6.45, 7) is 1.94. The van der Waals surface area contributed by atoms with Gasteiger partial charge in [-0.3, -0.25) is 0 Å². The molecule has 0 amide bonds. The van der Waals surface area contributed by atoms with Gasteiger partial charge in [-0.2, -0.15) is 5.10 Å². The monoisotopic (exact) mass is 312 g/mol. The second-order valence-corrected chi connectivity index (χ2v) is 4.86. The Labute approximate surface area is 131 Å². The summed E-state index contributed by atoms with van der Waals surface area (Å²) in [5.41, 5.74) is 1.22. The van der Waals surface area contributed by atoms with Gasteiger partial charge in [0.1, 0.15) is 5.82 Å². The molecule has 0 aliphatic carbocycles. The van der Waals surface area contributed by atoms with Crippen molar-refractivity contribution in [2.75, 3.05) is 0 Å². The molecule has 2 heterocycles. The summed E-state index contributed by atoms with van der Waals surface area (Å²) in [6.07, 6.45) is 2.17. The highest BCUT2D eigenvalue weighted by atomic mass is 19.1. The number of aryl methyl sites for hydroxylation is 1. The maximum absolute atomic E-state index is 13.4. The lowest BCUT2D eigenvalue weighted by Gasteiger charge is -2.07. The van der Waals surface area contributed by atoms with Crippen molar-refractivity contribution >= 4 is 5.97 Å². The molecule has 7 heteroatoms. The van der Waals surface area contributed by atoms with Crippen LogP contribution in [0.2, 0.25) is 0 Å². The first-order chi connectivity index (χ1) is 11.1. The zero-order valence-electron chi connectivity index (χ0n) is 12.3. The topological polar surface area (TPSA) is 80.9 Å². The fourth-order valence-corrected chi connectivity index (χ4v) is 2.10. The van der Waals surface area contributed by atoms with Crippen LogP contribution >= 0.6 is 0 Å². The summed E-state index contributed by atoms with van der Waals surface area (Å²) in [5.74, 6) is -0.685. The molecule has 23 heavy (non-hydrogen) atoms. The number of aromatic nitrogens is 4. The molecule has 0 atom stereocenters. The van der Waals surface area contributed by atoms with Crippen LogP contribution in [0.5, 0.6) is 0 Å². The van der Waals surface area contributed by atoms with Gasteiger partial charge in [0.15, 0.2) is 17.3 Å². The van der Waals surface area contributed by atoms with E-state index in [0.29, 0.717) is 23.6 Å². The molecule has 1 aromatic carbocycles. The predicted octanol–water partition coefficient (Wildman–Crippen LogP) is 2.73. The Kier molecular flexibility index (Phi) is 3.84. The highest BCUT2D eigenvalue weighted by Gasteiger charge is 2.12. The van der Waals surface area contributed by atoms with Gasteiger partial charge < -0.3 is 5.11 Å². The molecule has 1 N–H and O–H groups in total. The number of benzene rings is 1. The molecular weight excluding hydrogens is 299 g/mol. The van der Waals surface area contributed by atoms with Gasteiger partial charge in [0.05, 0.1) is 0 Å². The Morgan fingerprint density at radius 3 is 2.74 bits per heavy atom. The van der Waals surface area contributed by atoms with Crippen molar-refractivity contribution in [2.24, 2.45) is 0 Å². The van der Waals surface area contributed by atoms with Crippen molar-refractivity contribution in [1.29, 1.82) is 0 Å². The third kappa shape index (κ3) is 3.08. The molecule has 0 unspecified atom stereocenters. The summed E-state index contributed by atoms with van der Waals surface area (Å²) in [6, 6.07) is 9.11. The van der Waals surface area contributed by atoms with Crippen LogP contribution in [-0.4, -0.2) is 30.8 Å². The second-order valence-electron chi connectivity index (χ2n) is 4.86. The van der Waals surface area contributed by atoms with E-state index in [0.717, 1.165) is 5.69 Å². The van der Waals surface area contributed by atoms with Crippen LogP contribution in [0.3, 0.4) is 0 Å². The third-order valence-corrected chi connectivity index (χ3v) is 3.25. The van der Waals surface area contributed by atoms with Gasteiger partial charge in [-0.05, 0) is 24.6 Å². The van der Waals surface area contributed by atoms with E-state index in [9.17, 15) is 9.18 Å². The average Bonchev–Trinajstić information content (AvgIpc) is 3.05. The number of carbonyl (C=O) groups is 1. The number of aromatic carboxylic acids is 1. The lowest BCUT2D eigenvalue weighted by Crippen LogP contribution is -2.06. The summed E-state index contributed by atoms with van der Waals surface area (Å²) >= 11 is 0. The van der Waals surface area contributed by atoms with E-state index in [-0.39, 0.29) is 11.5 Å². The first kappa shape index (κ1) is 14.8. The molecule has 2 aromatic heterocycles. The Bertz CT molecular complexity index is 876. The van der Waals surface area contributed by atoms with E-state index >= 15 is 0 Å². The van der Waals surface area contributed by atoms with Gasteiger partial charge in [-0.1, -0.05) is 19.1 Å². The molecule has 3 aromatic rings. The molecule has 0 radical (unpaired) electrons. The van der Waals surface area contributed by atoms with Crippen LogP contribution in [0.1, 0.15) is 23.1 Å². The number of rotatable bonds is 4. The van der Waals surface area contributed by atoms with Gasteiger partial charge >= 0.3 is 5.97 Å². The maximum atomic E-state index is 13.4. The molecule has 0 aliphatic rings. The van der Waals surface area contributed by atoms with E-state index in [1.165, 1.54) is 29.1 Å². The van der Waals surface area contributed by atoms with Crippen molar-refractivity contribution in [3.8, 4) is 17.2 Å². The average molecular weight is 312 g/mol.